The third kappa shape index (κ3) is 2.57. The van der Waals surface area contributed by atoms with E-state index in [0.29, 0.717) is 0 Å². The van der Waals surface area contributed by atoms with E-state index in [1.165, 1.54) is 38.2 Å². The molecule has 1 aliphatic rings. The molecule has 0 aromatic heterocycles. The van der Waals surface area contributed by atoms with Crippen LogP contribution in [0.5, 0.6) is 0 Å². The second kappa shape index (κ2) is 6.14. The van der Waals surface area contributed by atoms with Gasteiger partial charge in [-0.25, -0.2) is 0 Å². The fraction of sp³-hybridized carbons (Fsp3) is 0.333. The zero-order chi connectivity index (χ0) is 18.4. The highest BCUT2D eigenvalue weighted by atomic mass is 28.3. The first-order valence-corrected chi connectivity index (χ1v) is 11.6. The first-order valence-electron chi connectivity index (χ1n) is 9.15. The average molecular weight is 346 g/mol. The maximum absolute atomic E-state index is 3.91. The van der Waals surface area contributed by atoms with Crippen LogP contribution < -0.4 is 10.4 Å². The van der Waals surface area contributed by atoms with E-state index in [2.05, 4.69) is 103 Å². The second-order valence-electron chi connectivity index (χ2n) is 7.93. The molecule has 0 nitrogen and oxygen atoms in total. The minimum absolute atomic E-state index is 0.0253. The standard InChI is InChI=1S/C24H29Si/c1-17-13-14-23(18(2)15-17)25(7,22-11-9-8-10-12-22)24(6)16-19(3)20(4)21(24)5/h8-15H,1-7H3. The van der Waals surface area contributed by atoms with Gasteiger partial charge in [0.25, 0.3) is 0 Å². The molecule has 0 spiro atoms. The van der Waals surface area contributed by atoms with Crippen LogP contribution in [0.1, 0.15) is 38.8 Å². The Bertz CT molecular complexity index is 872. The van der Waals surface area contributed by atoms with Crippen LogP contribution in [0.4, 0.5) is 0 Å². The predicted octanol–water partition coefficient (Wildman–Crippen LogP) is 5.36. The van der Waals surface area contributed by atoms with Gasteiger partial charge in [-0.2, -0.15) is 0 Å². The van der Waals surface area contributed by atoms with Crippen LogP contribution in [0.3, 0.4) is 0 Å². The van der Waals surface area contributed by atoms with Crippen molar-refractivity contribution in [3.63, 3.8) is 0 Å². The summed E-state index contributed by atoms with van der Waals surface area (Å²) in [6, 6.07) is 18.1. The molecule has 0 bridgehead atoms. The van der Waals surface area contributed by atoms with Crippen molar-refractivity contribution < 1.29 is 0 Å². The van der Waals surface area contributed by atoms with Crippen molar-refractivity contribution in [1.29, 1.82) is 0 Å². The van der Waals surface area contributed by atoms with Crippen LogP contribution in [-0.2, 0) is 0 Å². The normalized spacial score (nSPS) is 22.8. The molecular formula is C24H29Si. The lowest BCUT2D eigenvalue weighted by Crippen LogP contribution is -2.63. The van der Waals surface area contributed by atoms with Crippen LogP contribution in [-0.4, -0.2) is 8.07 Å². The monoisotopic (exact) mass is 345 g/mol. The topological polar surface area (TPSA) is 0 Å². The molecule has 0 aliphatic heterocycles. The molecule has 2 aromatic carbocycles. The molecule has 2 aromatic rings. The summed E-state index contributed by atoms with van der Waals surface area (Å²) in [4.78, 5) is 0. The predicted molar refractivity (Wildman–Crippen MR) is 112 cm³/mol. The molecule has 0 amide bonds. The first-order chi connectivity index (χ1) is 11.7. The lowest BCUT2D eigenvalue weighted by Gasteiger charge is -2.44. The highest BCUT2D eigenvalue weighted by Crippen LogP contribution is 2.52. The van der Waals surface area contributed by atoms with Gasteiger partial charge < -0.3 is 0 Å². The smallest absolute Gasteiger partial charge is 0.0625 e. The van der Waals surface area contributed by atoms with E-state index in [0.717, 1.165) is 0 Å². The van der Waals surface area contributed by atoms with Gasteiger partial charge in [-0.3, -0.25) is 0 Å². The Balaban J connectivity index is 2.36. The van der Waals surface area contributed by atoms with Gasteiger partial charge in [-0.05, 0) is 51.8 Å². The zero-order valence-corrected chi connectivity index (χ0v) is 17.6. The van der Waals surface area contributed by atoms with Crippen molar-refractivity contribution >= 4 is 18.4 Å². The second-order valence-corrected chi connectivity index (χ2v) is 12.3. The van der Waals surface area contributed by atoms with Gasteiger partial charge in [0.2, 0.25) is 0 Å². The SMILES string of the molecule is CC1=[C]C(C)([Si](C)(c2ccccc2)c2ccc(C)cc2C)C(C)=C1C. The number of hydrogen-bond donors (Lipinski definition) is 0. The third-order valence-corrected chi connectivity index (χ3v) is 12.2. The van der Waals surface area contributed by atoms with E-state index in [-0.39, 0.29) is 5.04 Å². The Morgan fingerprint density at radius 2 is 1.52 bits per heavy atom. The zero-order valence-electron chi connectivity index (χ0n) is 16.6. The van der Waals surface area contributed by atoms with Gasteiger partial charge in [0.15, 0.2) is 0 Å². The molecule has 3 rings (SSSR count). The molecular weight excluding hydrogens is 316 g/mol. The van der Waals surface area contributed by atoms with Gasteiger partial charge in [0.1, 0.15) is 8.07 Å². The highest BCUT2D eigenvalue weighted by Gasteiger charge is 2.52. The third-order valence-electron chi connectivity index (χ3n) is 6.58. The minimum atomic E-state index is -2.10. The Hall–Kier alpha value is -1.86. The van der Waals surface area contributed by atoms with Crippen molar-refractivity contribution in [1.82, 2.24) is 0 Å². The molecule has 0 heterocycles. The maximum Gasteiger partial charge on any atom is 0.129 e. The van der Waals surface area contributed by atoms with E-state index in [9.17, 15) is 0 Å². The van der Waals surface area contributed by atoms with Crippen molar-refractivity contribution in [2.24, 2.45) is 0 Å². The van der Waals surface area contributed by atoms with Crippen molar-refractivity contribution in [3.05, 3.63) is 82.5 Å². The molecule has 0 N–H and O–H groups in total. The summed E-state index contributed by atoms with van der Waals surface area (Å²) in [5.74, 6) is 0. The quantitative estimate of drug-likeness (QED) is 0.657. The van der Waals surface area contributed by atoms with Gasteiger partial charge in [0.05, 0.1) is 0 Å². The summed E-state index contributed by atoms with van der Waals surface area (Å²) >= 11 is 0. The Morgan fingerprint density at radius 3 is 2.04 bits per heavy atom. The number of allylic oxidation sites excluding steroid dienone is 4. The van der Waals surface area contributed by atoms with E-state index in [1.54, 1.807) is 0 Å². The Kier molecular flexibility index (Phi) is 4.41. The summed E-state index contributed by atoms with van der Waals surface area (Å²) in [7, 11) is -2.10. The first kappa shape index (κ1) is 17.9. The number of benzene rings is 2. The lowest BCUT2D eigenvalue weighted by atomic mass is 10.0. The lowest BCUT2D eigenvalue weighted by molar-refractivity contribution is 0.842. The van der Waals surface area contributed by atoms with Crippen molar-refractivity contribution in [2.75, 3.05) is 0 Å². The minimum Gasteiger partial charge on any atom is -0.0625 e. The van der Waals surface area contributed by atoms with Crippen LogP contribution in [0.25, 0.3) is 0 Å². The van der Waals surface area contributed by atoms with E-state index < -0.39 is 8.07 Å². The summed E-state index contributed by atoms with van der Waals surface area (Å²) < 4.78 is 0. The van der Waals surface area contributed by atoms with Crippen LogP contribution in [0.15, 0.2) is 65.3 Å². The van der Waals surface area contributed by atoms with Gasteiger partial charge in [-0.15, -0.1) is 0 Å². The van der Waals surface area contributed by atoms with E-state index in [1.807, 2.05) is 0 Å². The van der Waals surface area contributed by atoms with E-state index in [4.69, 9.17) is 0 Å². The number of hydrogen-bond acceptors (Lipinski definition) is 0. The van der Waals surface area contributed by atoms with Crippen molar-refractivity contribution in [2.45, 2.75) is 53.1 Å². The van der Waals surface area contributed by atoms with Gasteiger partial charge >= 0.3 is 0 Å². The summed E-state index contributed by atoms with van der Waals surface area (Å²) in [6.07, 6.45) is 3.91. The largest absolute Gasteiger partial charge is 0.129 e. The molecule has 0 saturated heterocycles. The molecule has 1 heteroatoms. The van der Waals surface area contributed by atoms with Crippen molar-refractivity contribution in [3.8, 4) is 0 Å². The molecule has 0 saturated carbocycles. The molecule has 1 aliphatic carbocycles. The molecule has 2 atom stereocenters. The molecule has 25 heavy (non-hydrogen) atoms. The average Bonchev–Trinajstić information content (AvgIpc) is 2.79. The summed E-state index contributed by atoms with van der Waals surface area (Å²) in [5, 5.41) is 2.99. The Morgan fingerprint density at radius 1 is 0.880 bits per heavy atom. The molecule has 129 valence electrons. The van der Waals surface area contributed by atoms with Crippen LogP contribution in [0, 0.1) is 19.9 Å². The molecule has 2 unspecified atom stereocenters. The highest BCUT2D eigenvalue weighted by molar-refractivity contribution is 7.04. The number of aryl methyl sites for hydroxylation is 2. The molecule has 1 radical (unpaired) electrons. The fourth-order valence-electron chi connectivity index (χ4n) is 4.58. The Labute approximate surface area is 154 Å². The van der Waals surface area contributed by atoms with Crippen LogP contribution in [0.2, 0.25) is 11.6 Å². The maximum atomic E-state index is 3.91. The van der Waals surface area contributed by atoms with Gasteiger partial charge in [-0.1, -0.05) is 89.1 Å². The van der Waals surface area contributed by atoms with Gasteiger partial charge in [0, 0.05) is 5.04 Å². The summed E-state index contributed by atoms with van der Waals surface area (Å²) in [5.41, 5.74) is 6.97. The number of rotatable bonds is 3. The fourth-order valence-corrected chi connectivity index (χ4v) is 9.52. The molecule has 0 fully saturated rings. The van der Waals surface area contributed by atoms with Crippen LogP contribution >= 0.6 is 0 Å². The van der Waals surface area contributed by atoms with E-state index >= 15 is 0 Å². The summed E-state index contributed by atoms with van der Waals surface area (Å²) in [6.45, 7) is 16.2.